The van der Waals surface area contributed by atoms with E-state index in [9.17, 15) is 14.7 Å². The van der Waals surface area contributed by atoms with Crippen molar-refractivity contribution in [3.8, 4) is 11.5 Å². The van der Waals surface area contributed by atoms with Gasteiger partial charge in [0.15, 0.2) is 4.32 Å². The van der Waals surface area contributed by atoms with Crippen LogP contribution >= 0.6 is 24.0 Å². The number of carbonyl (C=O) groups excluding carboxylic acids is 1. The summed E-state index contributed by atoms with van der Waals surface area (Å²) in [6.07, 6.45) is 1.67. The molecule has 1 amide bonds. The average molecular weight is 401 g/mol. The topological polar surface area (TPSA) is 76.1 Å². The molecule has 0 bridgehead atoms. The van der Waals surface area contributed by atoms with Gasteiger partial charge in [-0.3, -0.25) is 9.69 Å². The number of amides is 1. The molecule has 1 aliphatic rings. The summed E-state index contributed by atoms with van der Waals surface area (Å²) in [5.74, 6) is -0.325. The second kappa shape index (κ2) is 7.81. The second-order valence-corrected chi connectivity index (χ2v) is 7.12. The Morgan fingerprint density at radius 2 is 1.93 bits per heavy atom. The number of hydrogen-bond donors (Lipinski definition) is 1. The maximum Gasteiger partial charge on any atom is 0.337 e. The maximum atomic E-state index is 12.9. The first-order valence-corrected chi connectivity index (χ1v) is 9.01. The molecule has 1 N–H and O–H groups in total. The predicted molar refractivity (Wildman–Crippen MR) is 109 cm³/mol. The summed E-state index contributed by atoms with van der Waals surface area (Å²) in [6, 6.07) is 11.5. The number of benzene rings is 2. The van der Waals surface area contributed by atoms with Crippen molar-refractivity contribution in [1.29, 1.82) is 0 Å². The summed E-state index contributed by atoms with van der Waals surface area (Å²) < 4.78 is 10.8. The number of para-hydroxylation sites is 1. The lowest BCUT2D eigenvalue weighted by atomic mass is 10.1. The molecule has 0 aliphatic carbocycles. The Balaban J connectivity index is 2.00. The van der Waals surface area contributed by atoms with Crippen LogP contribution in [-0.4, -0.2) is 35.5 Å². The number of methoxy groups -OCH3 is 2. The number of aromatic carboxylic acids is 1. The summed E-state index contributed by atoms with van der Waals surface area (Å²) >= 11 is 6.43. The first kappa shape index (κ1) is 18.9. The molecule has 3 rings (SSSR count). The molecule has 0 unspecified atom stereocenters. The van der Waals surface area contributed by atoms with Crippen LogP contribution in [-0.2, 0) is 4.79 Å². The maximum absolute atomic E-state index is 12.9. The molecule has 2 aromatic rings. The van der Waals surface area contributed by atoms with Crippen LogP contribution in [0.3, 0.4) is 0 Å². The molecule has 27 heavy (non-hydrogen) atoms. The lowest BCUT2D eigenvalue weighted by Gasteiger charge is -2.16. The highest BCUT2D eigenvalue weighted by atomic mass is 32.2. The standard InChI is InChI=1S/C19H15NO5S2/c1-24-12-8-7-11(15(10-12)25-2)9-16-17(21)20(19(26)27-16)14-6-4-3-5-13(14)18(22)23/h3-10H,1-2H3,(H,22,23)/b16-9-. The number of thioether (sulfide) groups is 1. The number of rotatable bonds is 5. The van der Waals surface area contributed by atoms with Crippen molar-refractivity contribution in [3.05, 3.63) is 58.5 Å². The minimum Gasteiger partial charge on any atom is -0.497 e. The minimum absolute atomic E-state index is 0.0112. The molecule has 0 spiro atoms. The number of carbonyl (C=O) groups is 2. The van der Waals surface area contributed by atoms with Gasteiger partial charge in [0.25, 0.3) is 5.91 Å². The van der Waals surface area contributed by atoms with E-state index < -0.39 is 5.97 Å². The fraction of sp³-hybridized carbons (Fsp3) is 0.105. The van der Waals surface area contributed by atoms with Crippen molar-refractivity contribution < 1.29 is 24.2 Å². The van der Waals surface area contributed by atoms with Gasteiger partial charge in [0, 0.05) is 11.6 Å². The number of anilines is 1. The van der Waals surface area contributed by atoms with E-state index in [0.29, 0.717) is 22.0 Å². The highest BCUT2D eigenvalue weighted by Crippen LogP contribution is 2.38. The fourth-order valence-corrected chi connectivity index (χ4v) is 3.88. The average Bonchev–Trinajstić information content (AvgIpc) is 2.95. The first-order valence-electron chi connectivity index (χ1n) is 7.78. The number of ether oxygens (including phenoxy) is 2. The van der Waals surface area contributed by atoms with Crippen molar-refractivity contribution >= 4 is 51.9 Å². The van der Waals surface area contributed by atoms with Crippen LogP contribution in [0.15, 0.2) is 47.4 Å². The highest BCUT2D eigenvalue weighted by Gasteiger charge is 2.35. The largest absolute Gasteiger partial charge is 0.497 e. The van der Waals surface area contributed by atoms with Crippen LogP contribution in [0.4, 0.5) is 5.69 Å². The van der Waals surface area contributed by atoms with E-state index in [4.69, 9.17) is 21.7 Å². The monoisotopic (exact) mass is 401 g/mol. The zero-order chi connectivity index (χ0) is 19.6. The smallest absolute Gasteiger partial charge is 0.337 e. The van der Waals surface area contributed by atoms with Crippen LogP contribution in [0.1, 0.15) is 15.9 Å². The quantitative estimate of drug-likeness (QED) is 0.603. The van der Waals surface area contributed by atoms with Gasteiger partial charge in [0.1, 0.15) is 11.5 Å². The van der Waals surface area contributed by atoms with E-state index in [1.54, 1.807) is 49.6 Å². The number of thiocarbonyl (C=S) groups is 1. The number of hydrogen-bond acceptors (Lipinski definition) is 6. The molecule has 8 heteroatoms. The Labute approximate surface area is 165 Å². The number of carboxylic acids is 1. The van der Waals surface area contributed by atoms with E-state index >= 15 is 0 Å². The van der Waals surface area contributed by atoms with Crippen molar-refractivity contribution in [2.75, 3.05) is 19.1 Å². The van der Waals surface area contributed by atoms with Crippen LogP contribution < -0.4 is 14.4 Å². The van der Waals surface area contributed by atoms with Crippen molar-refractivity contribution in [1.82, 2.24) is 0 Å². The summed E-state index contributed by atoms with van der Waals surface area (Å²) in [5, 5.41) is 9.39. The Morgan fingerprint density at radius 1 is 1.19 bits per heavy atom. The van der Waals surface area contributed by atoms with Gasteiger partial charge in [-0.25, -0.2) is 4.79 Å². The zero-order valence-corrected chi connectivity index (χ0v) is 16.1. The minimum atomic E-state index is -1.12. The summed E-state index contributed by atoms with van der Waals surface area (Å²) in [6.45, 7) is 0. The Bertz CT molecular complexity index is 970. The third kappa shape index (κ3) is 3.67. The van der Waals surface area contributed by atoms with Crippen LogP contribution in [0.2, 0.25) is 0 Å². The van der Waals surface area contributed by atoms with E-state index in [0.717, 1.165) is 11.8 Å². The summed E-state index contributed by atoms with van der Waals surface area (Å²) in [5.41, 5.74) is 0.944. The van der Waals surface area contributed by atoms with Gasteiger partial charge in [-0.05, 0) is 30.3 Å². The summed E-state index contributed by atoms with van der Waals surface area (Å²) in [4.78, 5) is 26.0. The Hall–Kier alpha value is -2.84. The van der Waals surface area contributed by atoms with Crippen molar-refractivity contribution in [2.45, 2.75) is 0 Å². The molecule has 6 nitrogen and oxygen atoms in total. The van der Waals surface area contributed by atoms with Gasteiger partial charge in [-0.2, -0.15) is 0 Å². The lowest BCUT2D eigenvalue weighted by Crippen LogP contribution is -2.29. The molecule has 2 aromatic carbocycles. The second-order valence-electron chi connectivity index (χ2n) is 5.45. The molecular formula is C19H15NO5S2. The Morgan fingerprint density at radius 3 is 2.59 bits per heavy atom. The van der Waals surface area contributed by atoms with Gasteiger partial charge >= 0.3 is 5.97 Å². The van der Waals surface area contributed by atoms with Crippen molar-refractivity contribution in [3.63, 3.8) is 0 Å². The van der Waals surface area contributed by atoms with E-state index in [1.165, 1.54) is 18.1 Å². The molecule has 1 heterocycles. The molecule has 1 fully saturated rings. The van der Waals surface area contributed by atoms with Crippen LogP contribution in [0, 0.1) is 0 Å². The predicted octanol–water partition coefficient (Wildman–Crippen LogP) is 3.81. The third-order valence-corrected chi connectivity index (χ3v) is 5.20. The molecule has 0 aromatic heterocycles. The van der Waals surface area contributed by atoms with E-state index in [-0.39, 0.29) is 21.5 Å². The highest BCUT2D eigenvalue weighted by molar-refractivity contribution is 8.27. The first-order chi connectivity index (χ1) is 13.0. The number of nitrogens with zero attached hydrogens (tertiary/aromatic N) is 1. The lowest BCUT2D eigenvalue weighted by molar-refractivity contribution is -0.113. The van der Waals surface area contributed by atoms with Gasteiger partial charge in [0.05, 0.1) is 30.4 Å². The fourth-order valence-electron chi connectivity index (χ4n) is 2.60. The van der Waals surface area contributed by atoms with Crippen molar-refractivity contribution in [2.24, 2.45) is 0 Å². The SMILES string of the molecule is COc1ccc(/C=C2\SC(=S)N(c3ccccc3C(=O)O)C2=O)c(OC)c1. The normalized spacial score (nSPS) is 15.3. The molecule has 0 saturated carbocycles. The Kier molecular flexibility index (Phi) is 5.48. The van der Waals surface area contributed by atoms with Crippen LogP contribution in [0.25, 0.3) is 6.08 Å². The van der Waals surface area contributed by atoms with E-state index in [2.05, 4.69) is 0 Å². The van der Waals surface area contributed by atoms with Gasteiger partial charge in [-0.1, -0.05) is 36.1 Å². The molecular weight excluding hydrogens is 386 g/mol. The van der Waals surface area contributed by atoms with Crippen LogP contribution in [0.5, 0.6) is 11.5 Å². The molecule has 1 saturated heterocycles. The molecule has 1 aliphatic heterocycles. The summed E-state index contributed by atoms with van der Waals surface area (Å²) in [7, 11) is 3.08. The number of carboxylic acid groups (broad SMARTS) is 1. The third-order valence-electron chi connectivity index (χ3n) is 3.90. The molecule has 138 valence electrons. The molecule has 0 atom stereocenters. The van der Waals surface area contributed by atoms with Gasteiger partial charge in [0.2, 0.25) is 0 Å². The van der Waals surface area contributed by atoms with Gasteiger partial charge < -0.3 is 14.6 Å². The van der Waals surface area contributed by atoms with Gasteiger partial charge in [-0.15, -0.1) is 0 Å². The zero-order valence-electron chi connectivity index (χ0n) is 14.5. The molecule has 0 radical (unpaired) electrons. The van der Waals surface area contributed by atoms with E-state index in [1.807, 2.05) is 0 Å².